The molecule has 2 rings (SSSR count). The number of rotatable bonds is 6. The molecule has 2 heteroatoms. The van der Waals surface area contributed by atoms with Gasteiger partial charge in [-0.2, -0.15) is 0 Å². The van der Waals surface area contributed by atoms with Crippen LogP contribution in [0.5, 0.6) is 0 Å². The van der Waals surface area contributed by atoms with E-state index in [0.717, 1.165) is 13.2 Å². The maximum Gasteiger partial charge on any atom is 0.0720 e. The minimum atomic E-state index is 0.481. The second-order valence-corrected chi connectivity index (χ2v) is 6.28. The van der Waals surface area contributed by atoms with E-state index >= 15 is 0 Å². The molecule has 1 aromatic carbocycles. The lowest BCUT2D eigenvalue weighted by atomic mass is 10.1. The Balaban J connectivity index is 1.81. The Morgan fingerprint density at radius 1 is 1.10 bits per heavy atom. The standard InChI is InChI=1S/C18H29NO/c1-15(2)19-13-16-8-7-9-17(12-16)14-20-18-10-5-3-4-6-11-18/h7-9,12,15,18-19H,3-6,10-11,13-14H2,1-2H3. The predicted molar refractivity (Wildman–Crippen MR) is 84.7 cm³/mol. The highest BCUT2D eigenvalue weighted by molar-refractivity contribution is 5.22. The highest BCUT2D eigenvalue weighted by Gasteiger charge is 2.12. The van der Waals surface area contributed by atoms with E-state index in [-0.39, 0.29) is 0 Å². The van der Waals surface area contributed by atoms with E-state index in [1.54, 1.807) is 0 Å². The van der Waals surface area contributed by atoms with Crippen molar-refractivity contribution in [3.63, 3.8) is 0 Å². The molecule has 0 radical (unpaired) electrons. The van der Waals surface area contributed by atoms with Gasteiger partial charge in [-0.3, -0.25) is 0 Å². The number of benzene rings is 1. The molecule has 1 aliphatic carbocycles. The zero-order chi connectivity index (χ0) is 14.2. The third kappa shape index (κ3) is 5.64. The Morgan fingerprint density at radius 3 is 2.50 bits per heavy atom. The average Bonchev–Trinajstić information content (AvgIpc) is 2.72. The first-order valence-corrected chi connectivity index (χ1v) is 8.17. The molecule has 0 aliphatic heterocycles. The second kappa shape index (κ2) is 8.43. The summed E-state index contributed by atoms with van der Waals surface area (Å²) in [5.74, 6) is 0. The van der Waals surface area contributed by atoms with Crippen LogP contribution in [-0.4, -0.2) is 12.1 Å². The van der Waals surface area contributed by atoms with E-state index in [2.05, 4.69) is 43.4 Å². The molecule has 0 saturated heterocycles. The van der Waals surface area contributed by atoms with Crippen LogP contribution in [0.4, 0.5) is 0 Å². The first-order chi connectivity index (χ1) is 9.74. The Hall–Kier alpha value is -0.860. The molecule has 0 spiro atoms. The van der Waals surface area contributed by atoms with Gasteiger partial charge in [-0.25, -0.2) is 0 Å². The summed E-state index contributed by atoms with van der Waals surface area (Å²) in [7, 11) is 0. The van der Waals surface area contributed by atoms with Gasteiger partial charge in [0.25, 0.3) is 0 Å². The van der Waals surface area contributed by atoms with E-state index < -0.39 is 0 Å². The van der Waals surface area contributed by atoms with E-state index in [9.17, 15) is 0 Å². The molecule has 0 amide bonds. The van der Waals surface area contributed by atoms with Gasteiger partial charge in [0.1, 0.15) is 0 Å². The highest BCUT2D eigenvalue weighted by Crippen LogP contribution is 2.21. The van der Waals surface area contributed by atoms with Gasteiger partial charge in [0.2, 0.25) is 0 Å². The Morgan fingerprint density at radius 2 is 1.80 bits per heavy atom. The Kier molecular flexibility index (Phi) is 6.55. The molecule has 0 bridgehead atoms. The number of hydrogen-bond donors (Lipinski definition) is 1. The summed E-state index contributed by atoms with van der Waals surface area (Å²) in [5.41, 5.74) is 2.65. The van der Waals surface area contributed by atoms with Crippen molar-refractivity contribution >= 4 is 0 Å². The van der Waals surface area contributed by atoms with Gasteiger partial charge in [-0.05, 0) is 24.0 Å². The molecule has 2 nitrogen and oxygen atoms in total. The summed E-state index contributed by atoms with van der Waals surface area (Å²) in [6.45, 7) is 6.06. The number of ether oxygens (including phenoxy) is 1. The molecule has 112 valence electrons. The van der Waals surface area contributed by atoms with Crippen LogP contribution >= 0.6 is 0 Å². The minimum absolute atomic E-state index is 0.481. The van der Waals surface area contributed by atoms with Crippen molar-refractivity contribution in [1.29, 1.82) is 0 Å². The molecule has 0 heterocycles. The number of hydrogen-bond acceptors (Lipinski definition) is 2. The molecule has 1 fully saturated rings. The summed E-state index contributed by atoms with van der Waals surface area (Å²) in [6, 6.07) is 9.30. The molecular formula is C18H29NO. The zero-order valence-corrected chi connectivity index (χ0v) is 13.0. The third-order valence-corrected chi connectivity index (χ3v) is 3.99. The average molecular weight is 275 g/mol. The van der Waals surface area contributed by atoms with Gasteiger partial charge < -0.3 is 10.1 Å². The molecule has 20 heavy (non-hydrogen) atoms. The van der Waals surface area contributed by atoms with Gasteiger partial charge in [0.05, 0.1) is 12.7 Å². The van der Waals surface area contributed by atoms with Gasteiger partial charge >= 0.3 is 0 Å². The van der Waals surface area contributed by atoms with E-state index in [4.69, 9.17) is 4.74 Å². The number of nitrogens with one attached hydrogen (secondary N) is 1. The van der Waals surface area contributed by atoms with Crippen molar-refractivity contribution < 1.29 is 4.74 Å². The van der Waals surface area contributed by atoms with Crippen LogP contribution in [0.25, 0.3) is 0 Å². The largest absolute Gasteiger partial charge is 0.374 e. The van der Waals surface area contributed by atoms with E-state index in [0.29, 0.717) is 12.1 Å². The van der Waals surface area contributed by atoms with Crippen molar-refractivity contribution in [2.45, 2.75) is 77.7 Å². The Bertz CT molecular complexity index is 381. The summed E-state index contributed by atoms with van der Waals surface area (Å²) < 4.78 is 6.11. The quantitative estimate of drug-likeness (QED) is 0.776. The fourth-order valence-corrected chi connectivity index (χ4v) is 2.77. The van der Waals surface area contributed by atoms with Crippen LogP contribution in [0, 0.1) is 0 Å². The minimum Gasteiger partial charge on any atom is -0.374 e. The second-order valence-electron chi connectivity index (χ2n) is 6.28. The predicted octanol–water partition coefficient (Wildman–Crippen LogP) is 4.42. The third-order valence-electron chi connectivity index (χ3n) is 3.99. The van der Waals surface area contributed by atoms with Crippen LogP contribution in [0.1, 0.15) is 63.5 Å². The molecule has 1 aliphatic rings. The fraction of sp³-hybridized carbons (Fsp3) is 0.667. The molecule has 0 atom stereocenters. The van der Waals surface area contributed by atoms with Crippen molar-refractivity contribution in [3.8, 4) is 0 Å². The molecule has 0 aromatic heterocycles. The smallest absolute Gasteiger partial charge is 0.0720 e. The Labute approximate surface area is 123 Å². The highest BCUT2D eigenvalue weighted by atomic mass is 16.5. The lowest BCUT2D eigenvalue weighted by Gasteiger charge is -2.16. The van der Waals surface area contributed by atoms with Crippen molar-refractivity contribution in [2.24, 2.45) is 0 Å². The van der Waals surface area contributed by atoms with Crippen LogP contribution in [0.3, 0.4) is 0 Å². The van der Waals surface area contributed by atoms with E-state index in [1.807, 2.05) is 0 Å². The summed E-state index contributed by atoms with van der Waals surface area (Å²) >= 11 is 0. The topological polar surface area (TPSA) is 21.3 Å². The van der Waals surface area contributed by atoms with Crippen molar-refractivity contribution in [2.75, 3.05) is 0 Å². The molecule has 1 aromatic rings. The lowest BCUT2D eigenvalue weighted by Crippen LogP contribution is -2.21. The summed E-state index contributed by atoms with van der Waals surface area (Å²) in [6.07, 6.45) is 8.41. The van der Waals surface area contributed by atoms with Crippen molar-refractivity contribution in [1.82, 2.24) is 5.32 Å². The monoisotopic (exact) mass is 275 g/mol. The van der Waals surface area contributed by atoms with Gasteiger partial charge in [-0.1, -0.05) is 63.8 Å². The van der Waals surface area contributed by atoms with Crippen LogP contribution in [0.2, 0.25) is 0 Å². The van der Waals surface area contributed by atoms with Crippen molar-refractivity contribution in [3.05, 3.63) is 35.4 Å². The molecule has 0 unspecified atom stereocenters. The van der Waals surface area contributed by atoms with Crippen LogP contribution < -0.4 is 5.32 Å². The maximum atomic E-state index is 6.11. The van der Waals surface area contributed by atoms with Crippen LogP contribution in [0.15, 0.2) is 24.3 Å². The molecule has 1 N–H and O–H groups in total. The SMILES string of the molecule is CC(C)NCc1cccc(COC2CCCCCC2)c1. The van der Waals surface area contributed by atoms with E-state index in [1.165, 1.54) is 49.7 Å². The van der Waals surface area contributed by atoms with Gasteiger partial charge in [-0.15, -0.1) is 0 Å². The molecule has 1 saturated carbocycles. The first-order valence-electron chi connectivity index (χ1n) is 8.17. The normalized spacial score (nSPS) is 17.4. The summed E-state index contributed by atoms with van der Waals surface area (Å²) in [4.78, 5) is 0. The zero-order valence-electron chi connectivity index (χ0n) is 13.0. The van der Waals surface area contributed by atoms with Crippen LogP contribution in [-0.2, 0) is 17.9 Å². The lowest BCUT2D eigenvalue weighted by molar-refractivity contribution is 0.0309. The first kappa shape index (κ1) is 15.5. The molecular weight excluding hydrogens is 246 g/mol. The fourth-order valence-electron chi connectivity index (χ4n) is 2.77. The maximum absolute atomic E-state index is 6.11. The van der Waals surface area contributed by atoms with Gasteiger partial charge in [0.15, 0.2) is 0 Å². The summed E-state index contributed by atoms with van der Waals surface area (Å²) in [5, 5.41) is 3.46. The van der Waals surface area contributed by atoms with Gasteiger partial charge in [0, 0.05) is 12.6 Å².